The summed E-state index contributed by atoms with van der Waals surface area (Å²) in [6.45, 7) is 3.17. The predicted octanol–water partition coefficient (Wildman–Crippen LogP) is 1.82. The van der Waals surface area contributed by atoms with Gasteiger partial charge in [0.25, 0.3) is 5.69 Å². The molecule has 3 aliphatic rings. The lowest BCUT2D eigenvalue weighted by Gasteiger charge is -2.44. The molecule has 1 aromatic rings. The quantitative estimate of drug-likeness (QED) is 0.523. The number of fused-ring (bicyclic) bond motifs is 3. The third-order valence-electron chi connectivity index (χ3n) is 4.53. The number of benzene rings is 1. The first-order chi connectivity index (χ1) is 10.6. The number of hydrogen-bond acceptors (Lipinski definition) is 4. The second-order valence-electron chi connectivity index (χ2n) is 5.90. The number of piperidine rings is 3. The molecule has 0 saturated carbocycles. The van der Waals surface area contributed by atoms with Crippen molar-refractivity contribution >= 4 is 17.7 Å². The molecule has 3 aliphatic heterocycles. The van der Waals surface area contributed by atoms with Crippen molar-refractivity contribution in [2.24, 2.45) is 5.92 Å². The highest BCUT2D eigenvalue weighted by Crippen LogP contribution is 2.27. The summed E-state index contributed by atoms with van der Waals surface area (Å²) in [4.78, 5) is 24.9. The largest absolute Gasteiger partial charge is 0.348 e. The van der Waals surface area contributed by atoms with Gasteiger partial charge in [-0.05, 0) is 44.0 Å². The molecule has 1 amide bonds. The number of para-hydroxylation sites is 1. The van der Waals surface area contributed by atoms with E-state index in [9.17, 15) is 14.9 Å². The summed E-state index contributed by atoms with van der Waals surface area (Å²) < 4.78 is 0. The Morgan fingerprint density at radius 2 is 2.05 bits per heavy atom. The molecule has 116 valence electrons. The molecule has 6 nitrogen and oxygen atoms in total. The third-order valence-corrected chi connectivity index (χ3v) is 4.53. The maximum atomic E-state index is 12.1. The van der Waals surface area contributed by atoms with Crippen LogP contribution in [0.5, 0.6) is 0 Å². The van der Waals surface area contributed by atoms with Crippen LogP contribution >= 0.6 is 0 Å². The average Bonchev–Trinajstić information content (AvgIpc) is 2.54. The van der Waals surface area contributed by atoms with Gasteiger partial charge in [-0.2, -0.15) is 0 Å². The first-order valence-electron chi connectivity index (χ1n) is 7.58. The van der Waals surface area contributed by atoms with Crippen LogP contribution in [0.15, 0.2) is 30.3 Å². The van der Waals surface area contributed by atoms with Crippen molar-refractivity contribution in [1.82, 2.24) is 10.2 Å². The minimum atomic E-state index is -0.440. The van der Waals surface area contributed by atoms with Crippen molar-refractivity contribution < 1.29 is 9.72 Å². The number of nitrogens with one attached hydrogen (secondary N) is 1. The Balaban J connectivity index is 1.63. The monoisotopic (exact) mass is 301 g/mol. The Hall–Kier alpha value is -2.21. The zero-order chi connectivity index (χ0) is 15.5. The van der Waals surface area contributed by atoms with Gasteiger partial charge in [0.1, 0.15) is 0 Å². The highest BCUT2D eigenvalue weighted by Gasteiger charge is 2.34. The summed E-state index contributed by atoms with van der Waals surface area (Å²) in [6.07, 6.45) is 5.17. The lowest BCUT2D eigenvalue weighted by atomic mass is 9.84. The molecule has 0 radical (unpaired) electrons. The van der Waals surface area contributed by atoms with Crippen LogP contribution in [-0.2, 0) is 4.79 Å². The second-order valence-corrected chi connectivity index (χ2v) is 5.90. The molecule has 0 spiro atoms. The zero-order valence-electron chi connectivity index (χ0n) is 12.3. The van der Waals surface area contributed by atoms with E-state index in [-0.39, 0.29) is 17.6 Å². The summed E-state index contributed by atoms with van der Waals surface area (Å²) in [6, 6.07) is 6.60. The molecule has 4 rings (SSSR count). The maximum Gasteiger partial charge on any atom is 0.276 e. The molecule has 2 bridgehead atoms. The van der Waals surface area contributed by atoms with Crippen LogP contribution in [0, 0.1) is 16.0 Å². The number of nitrogens with zero attached hydrogens (tertiary/aromatic N) is 2. The van der Waals surface area contributed by atoms with E-state index in [0.717, 1.165) is 32.5 Å². The van der Waals surface area contributed by atoms with Crippen molar-refractivity contribution in [1.29, 1.82) is 0 Å². The Morgan fingerprint density at radius 3 is 2.68 bits per heavy atom. The molecule has 0 aliphatic carbocycles. The van der Waals surface area contributed by atoms with E-state index in [1.54, 1.807) is 18.2 Å². The molecule has 1 unspecified atom stereocenters. The van der Waals surface area contributed by atoms with Crippen molar-refractivity contribution in [2.75, 3.05) is 19.6 Å². The number of carbonyl (C=O) groups excluding carboxylic acids is 1. The molecule has 6 heteroatoms. The third kappa shape index (κ3) is 3.17. The number of nitro benzene ring substituents is 1. The molecule has 22 heavy (non-hydrogen) atoms. The number of nitro groups is 1. The Morgan fingerprint density at radius 1 is 1.32 bits per heavy atom. The first kappa shape index (κ1) is 14.7. The summed E-state index contributed by atoms with van der Waals surface area (Å²) in [5.74, 6) is 0.380. The van der Waals surface area contributed by atoms with Gasteiger partial charge in [0.05, 0.1) is 10.5 Å². The Kier molecular flexibility index (Phi) is 4.20. The first-order valence-corrected chi connectivity index (χ1v) is 7.58. The lowest BCUT2D eigenvalue weighted by molar-refractivity contribution is -0.385. The lowest BCUT2D eigenvalue weighted by Crippen LogP contribution is -2.57. The summed E-state index contributed by atoms with van der Waals surface area (Å²) >= 11 is 0. The molecular weight excluding hydrogens is 282 g/mol. The van der Waals surface area contributed by atoms with E-state index < -0.39 is 4.92 Å². The molecule has 3 heterocycles. The number of amides is 1. The molecule has 1 aromatic carbocycles. The van der Waals surface area contributed by atoms with Crippen LogP contribution in [0.4, 0.5) is 5.69 Å². The fourth-order valence-corrected chi connectivity index (χ4v) is 3.32. The SMILES string of the molecule is O=C(C=Cc1ccccc1[N+](=O)[O-])NC1CN2CCC1CC2. The van der Waals surface area contributed by atoms with Crippen molar-refractivity contribution in [3.63, 3.8) is 0 Å². The fraction of sp³-hybridized carbons (Fsp3) is 0.438. The smallest absolute Gasteiger partial charge is 0.276 e. The van der Waals surface area contributed by atoms with Crippen LogP contribution in [0.2, 0.25) is 0 Å². The molecule has 1 N–H and O–H groups in total. The fourth-order valence-electron chi connectivity index (χ4n) is 3.32. The van der Waals surface area contributed by atoms with Crippen LogP contribution in [0.25, 0.3) is 6.08 Å². The number of hydrogen-bond donors (Lipinski definition) is 1. The van der Waals surface area contributed by atoms with Gasteiger partial charge in [0, 0.05) is 24.7 Å². The molecule has 3 fully saturated rings. The Bertz CT molecular complexity index is 606. The van der Waals surface area contributed by atoms with Gasteiger partial charge in [-0.3, -0.25) is 14.9 Å². The van der Waals surface area contributed by atoms with Gasteiger partial charge in [-0.15, -0.1) is 0 Å². The van der Waals surface area contributed by atoms with E-state index in [4.69, 9.17) is 0 Å². The van der Waals surface area contributed by atoms with Gasteiger partial charge in [0.2, 0.25) is 5.91 Å². The second kappa shape index (κ2) is 6.27. The minimum absolute atomic E-state index is 0.00869. The van der Waals surface area contributed by atoms with Crippen molar-refractivity contribution in [2.45, 2.75) is 18.9 Å². The normalized spacial score (nSPS) is 27.0. The van der Waals surface area contributed by atoms with E-state index in [0.29, 0.717) is 11.5 Å². The highest BCUT2D eigenvalue weighted by atomic mass is 16.6. The topological polar surface area (TPSA) is 75.5 Å². The summed E-state index contributed by atoms with van der Waals surface area (Å²) in [5.41, 5.74) is 0.450. The van der Waals surface area contributed by atoms with Crippen LogP contribution in [0.1, 0.15) is 18.4 Å². The highest BCUT2D eigenvalue weighted by molar-refractivity contribution is 5.92. The Labute approximate surface area is 129 Å². The van der Waals surface area contributed by atoms with Crippen LogP contribution < -0.4 is 5.32 Å². The molecule has 1 atom stereocenters. The number of carbonyl (C=O) groups is 1. The molecule has 0 aromatic heterocycles. The van der Waals surface area contributed by atoms with Gasteiger partial charge < -0.3 is 10.2 Å². The van der Waals surface area contributed by atoms with Gasteiger partial charge in [-0.25, -0.2) is 0 Å². The van der Waals surface area contributed by atoms with Crippen molar-refractivity contribution in [3.05, 3.63) is 46.0 Å². The van der Waals surface area contributed by atoms with E-state index in [1.165, 1.54) is 18.2 Å². The molecular formula is C16H19N3O3. The van der Waals surface area contributed by atoms with Gasteiger partial charge >= 0.3 is 0 Å². The molecule has 3 saturated heterocycles. The van der Waals surface area contributed by atoms with Crippen molar-refractivity contribution in [3.8, 4) is 0 Å². The van der Waals surface area contributed by atoms with E-state index in [1.807, 2.05) is 0 Å². The number of rotatable bonds is 4. The van der Waals surface area contributed by atoms with Gasteiger partial charge in [-0.1, -0.05) is 12.1 Å². The maximum absolute atomic E-state index is 12.1. The van der Waals surface area contributed by atoms with E-state index >= 15 is 0 Å². The van der Waals surface area contributed by atoms with Crippen LogP contribution in [0.3, 0.4) is 0 Å². The summed E-state index contributed by atoms with van der Waals surface area (Å²) in [7, 11) is 0. The van der Waals surface area contributed by atoms with Gasteiger partial charge in [0.15, 0.2) is 0 Å². The average molecular weight is 301 g/mol. The summed E-state index contributed by atoms with van der Waals surface area (Å²) in [5, 5.41) is 14.0. The van der Waals surface area contributed by atoms with E-state index in [2.05, 4.69) is 10.2 Å². The van der Waals surface area contributed by atoms with Crippen LogP contribution in [-0.4, -0.2) is 41.4 Å². The minimum Gasteiger partial charge on any atom is -0.348 e. The standard InChI is InChI=1S/C16H19N3O3/c20-16(17-14-11-18-9-7-12(14)8-10-18)6-5-13-3-1-2-4-15(13)19(21)22/h1-6,12,14H,7-11H2,(H,17,20). The zero-order valence-corrected chi connectivity index (χ0v) is 12.3. The predicted molar refractivity (Wildman–Crippen MR) is 83.2 cm³/mol.